The summed E-state index contributed by atoms with van der Waals surface area (Å²) in [6.07, 6.45) is -0.273. The first-order valence-electron chi connectivity index (χ1n) is 9.27. The van der Waals surface area contributed by atoms with E-state index in [2.05, 4.69) is 4.98 Å². The SMILES string of the molecule is CCOC(=O)CCC(=O)c1nc2cc(-c3cccc(C)c3)ccc2c(C#N)c1O. The van der Waals surface area contributed by atoms with E-state index < -0.39 is 17.5 Å². The third-order valence-corrected chi connectivity index (χ3v) is 4.55. The molecule has 146 valence electrons. The Morgan fingerprint density at radius 2 is 1.90 bits per heavy atom. The molecule has 29 heavy (non-hydrogen) atoms. The van der Waals surface area contributed by atoms with Crippen LogP contribution in [0.3, 0.4) is 0 Å². The molecule has 1 heterocycles. The van der Waals surface area contributed by atoms with Crippen molar-refractivity contribution in [2.24, 2.45) is 0 Å². The van der Waals surface area contributed by atoms with Gasteiger partial charge in [-0.2, -0.15) is 5.26 Å². The molecular weight excluding hydrogens is 368 g/mol. The highest BCUT2D eigenvalue weighted by Gasteiger charge is 2.21. The van der Waals surface area contributed by atoms with Crippen LogP contribution in [-0.2, 0) is 9.53 Å². The first-order valence-corrected chi connectivity index (χ1v) is 9.27. The van der Waals surface area contributed by atoms with E-state index in [1.807, 2.05) is 43.3 Å². The molecule has 0 radical (unpaired) electrons. The van der Waals surface area contributed by atoms with Crippen LogP contribution >= 0.6 is 0 Å². The third-order valence-electron chi connectivity index (χ3n) is 4.55. The Hall–Kier alpha value is -3.72. The molecular formula is C23H20N2O4. The average molecular weight is 388 g/mol. The zero-order chi connectivity index (χ0) is 21.0. The maximum Gasteiger partial charge on any atom is 0.306 e. The lowest BCUT2D eigenvalue weighted by atomic mass is 9.98. The van der Waals surface area contributed by atoms with Gasteiger partial charge in [-0.3, -0.25) is 9.59 Å². The molecule has 3 rings (SSSR count). The Morgan fingerprint density at radius 1 is 1.14 bits per heavy atom. The summed E-state index contributed by atoms with van der Waals surface area (Å²) in [5, 5.41) is 20.4. The number of aromatic nitrogens is 1. The number of hydrogen-bond donors (Lipinski definition) is 1. The number of fused-ring (bicyclic) bond motifs is 1. The van der Waals surface area contributed by atoms with Crippen molar-refractivity contribution in [2.75, 3.05) is 6.61 Å². The van der Waals surface area contributed by atoms with Crippen LogP contribution in [0.4, 0.5) is 0 Å². The lowest BCUT2D eigenvalue weighted by Gasteiger charge is -2.10. The summed E-state index contributed by atoms with van der Waals surface area (Å²) in [5.41, 5.74) is 3.18. The Labute approximate surface area is 168 Å². The number of aromatic hydroxyl groups is 1. The normalized spacial score (nSPS) is 10.5. The van der Waals surface area contributed by atoms with Gasteiger partial charge in [0.2, 0.25) is 0 Å². The summed E-state index contributed by atoms with van der Waals surface area (Å²) in [6.45, 7) is 3.91. The number of pyridine rings is 1. The smallest absolute Gasteiger partial charge is 0.306 e. The van der Waals surface area contributed by atoms with Crippen LogP contribution in [0.15, 0.2) is 42.5 Å². The van der Waals surface area contributed by atoms with Gasteiger partial charge in [0.1, 0.15) is 17.3 Å². The van der Waals surface area contributed by atoms with Crippen molar-refractivity contribution in [3.63, 3.8) is 0 Å². The van der Waals surface area contributed by atoms with Crippen molar-refractivity contribution in [1.29, 1.82) is 5.26 Å². The van der Waals surface area contributed by atoms with Crippen LogP contribution in [0.1, 0.15) is 41.4 Å². The molecule has 0 saturated heterocycles. The number of hydrogen-bond acceptors (Lipinski definition) is 6. The molecule has 0 aliphatic rings. The number of aryl methyl sites for hydroxylation is 1. The Kier molecular flexibility index (Phi) is 5.89. The summed E-state index contributed by atoms with van der Waals surface area (Å²) in [7, 11) is 0. The molecule has 3 aromatic rings. The van der Waals surface area contributed by atoms with Crippen molar-refractivity contribution >= 4 is 22.7 Å². The van der Waals surface area contributed by atoms with E-state index in [-0.39, 0.29) is 30.7 Å². The summed E-state index contributed by atoms with van der Waals surface area (Å²) in [6, 6.07) is 15.2. The number of ether oxygens (including phenoxy) is 1. The minimum Gasteiger partial charge on any atom is -0.504 e. The van der Waals surface area contributed by atoms with Gasteiger partial charge in [0.15, 0.2) is 11.5 Å². The minimum atomic E-state index is -0.519. The zero-order valence-corrected chi connectivity index (χ0v) is 16.2. The van der Waals surface area contributed by atoms with Gasteiger partial charge < -0.3 is 9.84 Å². The van der Waals surface area contributed by atoms with Gasteiger partial charge >= 0.3 is 5.97 Å². The molecule has 1 N–H and O–H groups in total. The molecule has 1 aromatic heterocycles. The molecule has 2 aromatic carbocycles. The first kappa shape index (κ1) is 20.0. The van der Waals surface area contributed by atoms with Crippen molar-refractivity contribution in [3.05, 3.63) is 59.3 Å². The lowest BCUT2D eigenvalue weighted by molar-refractivity contribution is -0.143. The predicted octanol–water partition coefficient (Wildman–Crippen LogP) is 4.31. The molecule has 0 aliphatic heterocycles. The Morgan fingerprint density at radius 3 is 2.59 bits per heavy atom. The fourth-order valence-electron chi connectivity index (χ4n) is 3.13. The second-order valence-electron chi connectivity index (χ2n) is 6.63. The fourth-order valence-corrected chi connectivity index (χ4v) is 3.13. The summed E-state index contributed by atoms with van der Waals surface area (Å²) in [4.78, 5) is 28.4. The van der Waals surface area contributed by atoms with Gasteiger partial charge in [0.25, 0.3) is 0 Å². The standard InChI is InChI=1S/C23H20N2O4/c1-3-29-21(27)10-9-20(26)22-23(28)18(13-24)17-8-7-16(12-19(17)25-22)15-6-4-5-14(2)11-15/h4-8,11-12,28H,3,9-10H2,1-2H3. The highest BCUT2D eigenvalue weighted by Crippen LogP contribution is 2.32. The quantitative estimate of drug-likeness (QED) is 0.499. The van der Waals surface area contributed by atoms with E-state index in [4.69, 9.17) is 4.74 Å². The largest absolute Gasteiger partial charge is 0.504 e. The van der Waals surface area contributed by atoms with Crippen LogP contribution < -0.4 is 0 Å². The van der Waals surface area contributed by atoms with Crippen LogP contribution in [0.5, 0.6) is 5.75 Å². The van der Waals surface area contributed by atoms with Crippen molar-refractivity contribution in [1.82, 2.24) is 4.98 Å². The fraction of sp³-hybridized carbons (Fsp3) is 0.217. The van der Waals surface area contributed by atoms with Crippen LogP contribution in [0.25, 0.3) is 22.0 Å². The van der Waals surface area contributed by atoms with Crippen molar-refractivity contribution in [2.45, 2.75) is 26.7 Å². The van der Waals surface area contributed by atoms with Crippen LogP contribution in [-0.4, -0.2) is 28.4 Å². The number of carbonyl (C=O) groups is 2. The number of carbonyl (C=O) groups excluding carboxylic acids is 2. The van der Waals surface area contributed by atoms with E-state index in [1.165, 1.54) is 0 Å². The van der Waals surface area contributed by atoms with Gasteiger partial charge in [0, 0.05) is 11.8 Å². The number of nitrogens with zero attached hydrogens (tertiary/aromatic N) is 2. The number of esters is 1. The average Bonchev–Trinajstić information content (AvgIpc) is 2.71. The second kappa shape index (κ2) is 8.53. The maximum atomic E-state index is 12.5. The Balaban J connectivity index is 2.04. The third kappa shape index (κ3) is 4.25. The lowest BCUT2D eigenvalue weighted by Crippen LogP contribution is -2.10. The van der Waals surface area contributed by atoms with E-state index in [0.29, 0.717) is 10.9 Å². The number of ketones is 1. The van der Waals surface area contributed by atoms with Gasteiger partial charge in [-0.25, -0.2) is 4.98 Å². The van der Waals surface area contributed by atoms with Crippen LogP contribution in [0, 0.1) is 18.3 Å². The molecule has 0 amide bonds. The number of Topliss-reactive ketones (excluding diaryl/α,β-unsaturated/α-hetero) is 1. The van der Waals surface area contributed by atoms with E-state index in [0.717, 1.165) is 16.7 Å². The van der Waals surface area contributed by atoms with Crippen molar-refractivity contribution < 1.29 is 19.4 Å². The molecule has 6 heteroatoms. The number of nitriles is 1. The maximum absolute atomic E-state index is 12.5. The van der Waals surface area contributed by atoms with Crippen LogP contribution in [0.2, 0.25) is 0 Å². The molecule has 0 saturated carbocycles. The molecule has 0 fully saturated rings. The van der Waals surface area contributed by atoms with Gasteiger partial charge in [0.05, 0.1) is 18.5 Å². The molecule has 0 aliphatic carbocycles. The number of benzene rings is 2. The molecule has 0 spiro atoms. The van der Waals surface area contributed by atoms with Gasteiger partial charge in [-0.15, -0.1) is 0 Å². The highest BCUT2D eigenvalue weighted by molar-refractivity contribution is 6.03. The van der Waals surface area contributed by atoms with E-state index >= 15 is 0 Å². The summed E-state index contributed by atoms with van der Waals surface area (Å²) >= 11 is 0. The summed E-state index contributed by atoms with van der Waals surface area (Å²) < 4.78 is 4.82. The van der Waals surface area contributed by atoms with Crippen molar-refractivity contribution in [3.8, 4) is 22.9 Å². The minimum absolute atomic E-state index is 0.00900. The number of rotatable bonds is 6. The monoisotopic (exact) mass is 388 g/mol. The predicted molar refractivity (Wildman–Crippen MR) is 108 cm³/mol. The summed E-state index contributed by atoms with van der Waals surface area (Å²) in [5.74, 6) is -1.48. The molecule has 0 atom stereocenters. The molecule has 0 unspecified atom stereocenters. The second-order valence-corrected chi connectivity index (χ2v) is 6.63. The van der Waals surface area contributed by atoms with E-state index in [9.17, 15) is 20.0 Å². The van der Waals surface area contributed by atoms with Gasteiger partial charge in [-0.05, 0) is 31.0 Å². The molecule has 6 nitrogen and oxygen atoms in total. The Bertz CT molecular complexity index is 1150. The highest BCUT2D eigenvalue weighted by atomic mass is 16.5. The first-order chi connectivity index (χ1) is 13.9. The van der Waals surface area contributed by atoms with Gasteiger partial charge in [-0.1, -0.05) is 42.0 Å². The van der Waals surface area contributed by atoms with E-state index in [1.54, 1.807) is 19.1 Å². The zero-order valence-electron chi connectivity index (χ0n) is 16.2. The molecule has 0 bridgehead atoms. The topological polar surface area (TPSA) is 100 Å².